The van der Waals surface area contributed by atoms with Crippen LogP contribution in [0.25, 0.3) is 10.4 Å². The first-order valence-corrected chi connectivity index (χ1v) is 9.54. The molecule has 0 aromatic carbocycles. The van der Waals surface area contributed by atoms with Crippen LogP contribution in [-0.4, -0.2) is 38.5 Å². The third-order valence-corrected chi connectivity index (χ3v) is 8.25. The lowest BCUT2D eigenvalue weighted by Crippen LogP contribution is -2.16. The number of hydrogen-bond donors (Lipinski definition) is 0. The molecule has 1 atom stereocenters. The van der Waals surface area contributed by atoms with Gasteiger partial charge in [-0.15, -0.1) is 0 Å². The maximum atomic E-state index is 12.5. The van der Waals surface area contributed by atoms with E-state index in [1.165, 1.54) is 13.3 Å². The summed E-state index contributed by atoms with van der Waals surface area (Å²) in [5, 5.41) is 2.46. The average Bonchev–Trinajstić information content (AvgIpc) is 2.16. The molecule has 0 saturated carbocycles. The molecular formula is C8H19N3O4P2. The zero-order valence-corrected chi connectivity index (χ0v) is 12.4. The minimum atomic E-state index is -3.51. The van der Waals surface area contributed by atoms with Crippen LogP contribution >= 0.6 is 14.7 Å². The minimum Gasteiger partial charge on any atom is -0.323 e. The van der Waals surface area contributed by atoms with Crippen LogP contribution in [0.4, 0.5) is 0 Å². The quantitative estimate of drug-likeness (QED) is 0.294. The van der Waals surface area contributed by atoms with Crippen molar-refractivity contribution in [2.45, 2.75) is 19.2 Å². The van der Waals surface area contributed by atoms with E-state index in [0.717, 1.165) is 0 Å². The fourth-order valence-electron chi connectivity index (χ4n) is 1.32. The van der Waals surface area contributed by atoms with Crippen LogP contribution in [0.1, 0.15) is 13.8 Å². The lowest BCUT2D eigenvalue weighted by Gasteiger charge is -2.27. The molecule has 0 heterocycles. The molecule has 0 spiro atoms. The molecule has 9 heteroatoms. The Balaban J connectivity index is 5.28. The van der Waals surface area contributed by atoms with Gasteiger partial charge in [-0.1, -0.05) is 5.11 Å². The van der Waals surface area contributed by atoms with Gasteiger partial charge in [-0.3, -0.25) is 4.57 Å². The Hall–Kier alpha value is -0.310. The smallest absolute Gasteiger partial charge is 0.323 e. The highest BCUT2D eigenvalue weighted by Gasteiger charge is 2.42. The van der Waals surface area contributed by atoms with E-state index in [1.807, 2.05) is 0 Å². The van der Waals surface area contributed by atoms with E-state index in [0.29, 0.717) is 0 Å². The van der Waals surface area contributed by atoms with E-state index in [4.69, 9.17) is 14.6 Å². The van der Waals surface area contributed by atoms with E-state index >= 15 is 0 Å². The van der Waals surface area contributed by atoms with Crippen molar-refractivity contribution in [2.24, 2.45) is 5.11 Å². The van der Waals surface area contributed by atoms with Crippen molar-refractivity contribution in [3.05, 3.63) is 10.4 Å². The Morgan fingerprint density at radius 1 is 1.24 bits per heavy atom. The van der Waals surface area contributed by atoms with Gasteiger partial charge in [0.2, 0.25) is 0 Å². The Kier molecular flexibility index (Phi) is 7.07. The highest BCUT2D eigenvalue weighted by molar-refractivity contribution is 7.77. The summed E-state index contributed by atoms with van der Waals surface area (Å²) in [5.74, 6) is 0. The molecule has 0 N–H and O–H groups in total. The Bertz CT molecular complexity index is 365. The van der Waals surface area contributed by atoms with Gasteiger partial charge in [0.1, 0.15) is 5.40 Å². The first-order valence-electron chi connectivity index (χ1n) is 5.26. The number of hydrogen-bond acceptors (Lipinski definition) is 5. The van der Waals surface area contributed by atoms with Crippen molar-refractivity contribution in [1.82, 2.24) is 0 Å². The highest BCUT2D eigenvalue weighted by atomic mass is 31.2. The molecule has 17 heavy (non-hydrogen) atoms. The summed E-state index contributed by atoms with van der Waals surface area (Å²) in [7, 11) is -6.27. The SMILES string of the molecule is CCOP(=O)(OCC)C(CN=[N+]=[N-])P(C)(C)=O. The van der Waals surface area contributed by atoms with Crippen LogP contribution in [0.3, 0.4) is 0 Å². The maximum absolute atomic E-state index is 12.5. The van der Waals surface area contributed by atoms with Crippen molar-refractivity contribution in [3.8, 4) is 0 Å². The topological polar surface area (TPSA) is 101 Å². The molecule has 0 bridgehead atoms. The monoisotopic (exact) mass is 283 g/mol. The largest absolute Gasteiger partial charge is 0.341 e. The van der Waals surface area contributed by atoms with Crippen molar-refractivity contribution < 1.29 is 18.2 Å². The molecule has 7 nitrogen and oxygen atoms in total. The van der Waals surface area contributed by atoms with Crippen LogP contribution in [-0.2, 0) is 18.2 Å². The molecule has 100 valence electrons. The van der Waals surface area contributed by atoms with E-state index < -0.39 is 20.1 Å². The van der Waals surface area contributed by atoms with E-state index in [1.54, 1.807) is 13.8 Å². The summed E-state index contributed by atoms with van der Waals surface area (Å²) < 4.78 is 34.8. The van der Waals surface area contributed by atoms with Crippen LogP contribution < -0.4 is 0 Å². The first-order chi connectivity index (χ1) is 7.81. The number of nitrogens with zero attached hydrogens (tertiary/aromatic N) is 3. The standard InChI is InChI=1S/C8H19N3O4P2/c1-5-14-17(13,15-6-2)8(7-10-11-9)16(3,4)12/h8H,5-7H2,1-4H3. The van der Waals surface area contributed by atoms with Gasteiger partial charge in [-0.2, -0.15) is 0 Å². The molecule has 0 amide bonds. The van der Waals surface area contributed by atoms with Gasteiger partial charge in [0, 0.05) is 11.5 Å². The minimum absolute atomic E-state index is 0.155. The van der Waals surface area contributed by atoms with Crippen molar-refractivity contribution in [3.63, 3.8) is 0 Å². The second-order valence-corrected chi connectivity index (χ2v) is 9.82. The fraction of sp³-hybridized carbons (Fsp3) is 1.00. The van der Waals surface area contributed by atoms with Crippen molar-refractivity contribution in [2.75, 3.05) is 33.1 Å². The Morgan fingerprint density at radius 2 is 1.71 bits per heavy atom. The Morgan fingerprint density at radius 3 is 2.00 bits per heavy atom. The van der Waals surface area contributed by atoms with E-state index in [2.05, 4.69) is 10.0 Å². The summed E-state index contributed by atoms with van der Waals surface area (Å²) in [6.45, 7) is 6.52. The molecule has 1 unspecified atom stereocenters. The van der Waals surface area contributed by atoms with Crippen molar-refractivity contribution in [1.29, 1.82) is 0 Å². The third kappa shape index (κ3) is 5.24. The Labute approximate surface area is 101 Å². The molecule has 0 fully saturated rings. The lowest BCUT2D eigenvalue weighted by molar-refractivity contribution is 0.218. The second kappa shape index (κ2) is 7.20. The molecule has 0 rings (SSSR count). The van der Waals surface area contributed by atoms with Gasteiger partial charge >= 0.3 is 7.60 Å². The number of azide groups is 1. The van der Waals surface area contributed by atoms with Gasteiger partial charge in [-0.25, -0.2) is 0 Å². The highest BCUT2D eigenvalue weighted by Crippen LogP contribution is 2.66. The second-order valence-electron chi connectivity index (χ2n) is 3.70. The third-order valence-electron chi connectivity index (χ3n) is 2.01. The van der Waals surface area contributed by atoms with Crippen LogP contribution in [0.15, 0.2) is 5.11 Å². The summed E-state index contributed by atoms with van der Waals surface area (Å²) in [6, 6.07) is 0. The molecule has 0 aliphatic heterocycles. The first kappa shape index (κ1) is 16.7. The van der Waals surface area contributed by atoms with Crippen molar-refractivity contribution >= 4 is 14.7 Å². The van der Waals surface area contributed by atoms with Crippen LogP contribution in [0.5, 0.6) is 0 Å². The molecule has 0 saturated heterocycles. The molecule has 0 aliphatic rings. The molecule has 0 aromatic heterocycles. The molecule has 0 radical (unpaired) electrons. The average molecular weight is 283 g/mol. The maximum Gasteiger partial charge on any atom is 0.341 e. The van der Waals surface area contributed by atoms with Crippen LogP contribution in [0.2, 0.25) is 0 Å². The van der Waals surface area contributed by atoms with Gasteiger partial charge in [0.05, 0.1) is 20.4 Å². The summed E-state index contributed by atoms with van der Waals surface area (Å²) in [5.41, 5.74) is 8.30. The lowest BCUT2D eigenvalue weighted by atomic mass is 10.8. The zero-order chi connectivity index (χ0) is 13.5. The molecule has 0 aliphatic carbocycles. The molecule has 0 aromatic rings. The van der Waals surface area contributed by atoms with E-state index in [-0.39, 0.29) is 19.8 Å². The fourth-order valence-corrected chi connectivity index (χ4v) is 6.32. The van der Waals surface area contributed by atoms with Gasteiger partial charge in [-0.05, 0) is 32.7 Å². The van der Waals surface area contributed by atoms with Gasteiger partial charge < -0.3 is 13.6 Å². The zero-order valence-electron chi connectivity index (χ0n) is 10.6. The summed E-state index contributed by atoms with van der Waals surface area (Å²) >= 11 is 0. The predicted molar refractivity (Wildman–Crippen MR) is 68.1 cm³/mol. The number of rotatable bonds is 8. The summed E-state index contributed by atoms with van der Waals surface area (Å²) in [6.07, 6.45) is 0. The summed E-state index contributed by atoms with van der Waals surface area (Å²) in [4.78, 5) is 2.59. The predicted octanol–water partition coefficient (Wildman–Crippen LogP) is 3.51. The normalized spacial score (nSPS) is 14.1. The van der Waals surface area contributed by atoms with Crippen LogP contribution in [0, 0.1) is 0 Å². The van der Waals surface area contributed by atoms with Gasteiger partial charge in [0.15, 0.2) is 0 Å². The molecular weight excluding hydrogens is 264 g/mol. The van der Waals surface area contributed by atoms with Gasteiger partial charge in [0.25, 0.3) is 0 Å². The van der Waals surface area contributed by atoms with E-state index in [9.17, 15) is 9.13 Å².